The van der Waals surface area contributed by atoms with Crippen molar-refractivity contribution in [2.24, 2.45) is 11.8 Å². The van der Waals surface area contributed by atoms with Crippen LogP contribution in [0.25, 0.3) is 0 Å². The second kappa shape index (κ2) is 7.50. The van der Waals surface area contributed by atoms with E-state index in [1.54, 1.807) is 11.3 Å². The van der Waals surface area contributed by atoms with E-state index in [0.29, 0.717) is 11.9 Å². The number of piperidine rings is 1. The summed E-state index contributed by atoms with van der Waals surface area (Å²) in [5.74, 6) is 1.39. The lowest BCUT2D eigenvalue weighted by atomic mass is 9.86. The third-order valence-corrected chi connectivity index (χ3v) is 6.36. The minimum absolute atomic E-state index is 0.219. The molecular formula is C18H28N4OS. The predicted molar refractivity (Wildman–Crippen MR) is 95.8 cm³/mol. The molecule has 1 saturated carbocycles. The van der Waals surface area contributed by atoms with E-state index >= 15 is 0 Å². The van der Waals surface area contributed by atoms with Crippen LogP contribution in [-0.4, -0.2) is 59.5 Å². The average molecular weight is 349 g/mol. The van der Waals surface area contributed by atoms with E-state index in [4.69, 9.17) is 0 Å². The minimum atomic E-state index is 0.219. The minimum Gasteiger partial charge on any atom is -0.341 e. The molecule has 1 aliphatic carbocycles. The molecule has 5 nitrogen and oxygen atoms in total. The molecular weight excluding hydrogens is 320 g/mol. The first-order valence-corrected chi connectivity index (χ1v) is 10.4. The molecule has 1 aromatic heterocycles. The van der Waals surface area contributed by atoms with Gasteiger partial charge in [0.05, 0.1) is 17.1 Å². The molecule has 1 amide bonds. The van der Waals surface area contributed by atoms with Crippen molar-refractivity contribution in [2.75, 3.05) is 32.7 Å². The highest BCUT2D eigenvalue weighted by Gasteiger charge is 2.42. The van der Waals surface area contributed by atoms with Gasteiger partial charge >= 0.3 is 0 Å². The molecule has 6 heteroatoms. The predicted octanol–water partition coefficient (Wildman–Crippen LogP) is 1.96. The van der Waals surface area contributed by atoms with Crippen molar-refractivity contribution >= 4 is 17.2 Å². The number of thiazole rings is 1. The van der Waals surface area contributed by atoms with Gasteiger partial charge in [-0.15, -0.1) is 11.3 Å². The SMILES string of the molecule is O=C([C@@H]1CCCN[C@@H]1C1CC1)N1CCCN(Cc2cscn2)CC1. The molecule has 0 radical (unpaired) electrons. The highest BCUT2D eigenvalue weighted by molar-refractivity contribution is 7.07. The molecule has 0 aromatic carbocycles. The van der Waals surface area contributed by atoms with Crippen molar-refractivity contribution < 1.29 is 4.79 Å². The van der Waals surface area contributed by atoms with Crippen LogP contribution in [0.5, 0.6) is 0 Å². The van der Waals surface area contributed by atoms with Crippen LogP contribution in [0.1, 0.15) is 37.8 Å². The lowest BCUT2D eigenvalue weighted by Gasteiger charge is -2.35. The van der Waals surface area contributed by atoms with Gasteiger partial charge in [0.15, 0.2) is 0 Å². The summed E-state index contributed by atoms with van der Waals surface area (Å²) in [6.45, 7) is 5.83. The molecule has 3 fully saturated rings. The Morgan fingerprint density at radius 1 is 1.21 bits per heavy atom. The molecule has 2 aliphatic heterocycles. The maximum atomic E-state index is 13.1. The molecule has 0 spiro atoms. The zero-order valence-electron chi connectivity index (χ0n) is 14.3. The highest BCUT2D eigenvalue weighted by atomic mass is 32.1. The van der Waals surface area contributed by atoms with E-state index in [1.165, 1.54) is 12.8 Å². The summed E-state index contributed by atoms with van der Waals surface area (Å²) in [4.78, 5) is 22.1. The summed E-state index contributed by atoms with van der Waals surface area (Å²) in [7, 11) is 0. The van der Waals surface area contributed by atoms with Gasteiger partial charge in [0.25, 0.3) is 0 Å². The Hall–Kier alpha value is -0.980. The van der Waals surface area contributed by atoms with Gasteiger partial charge in [-0.3, -0.25) is 9.69 Å². The van der Waals surface area contributed by atoms with Crippen molar-refractivity contribution in [3.8, 4) is 0 Å². The van der Waals surface area contributed by atoms with Gasteiger partial charge in [-0.05, 0) is 44.6 Å². The number of carbonyl (C=O) groups is 1. The first-order chi connectivity index (χ1) is 11.8. The second-order valence-electron chi connectivity index (χ2n) is 7.50. The molecule has 24 heavy (non-hydrogen) atoms. The first-order valence-electron chi connectivity index (χ1n) is 9.43. The van der Waals surface area contributed by atoms with Gasteiger partial charge in [0, 0.05) is 44.1 Å². The van der Waals surface area contributed by atoms with Crippen LogP contribution in [0, 0.1) is 11.8 Å². The van der Waals surface area contributed by atoms with Gasteiger partial charge < -0.3 is 10.2 Å². The van der Waals surface area contributed by atoms with Crippen molar-refractivity contribution in [2.45, 2.75) is 44.7 Å². The Balaban J connectivity index is 1.34. The lowest BCUT2D eigenvalue weighted by Crippen LogP contribution is -2.51. The van der Waals surface area contributed by atoms with Crippen molar-refractivity contribution in [1.82, 2.24) is 20.1 Å². The molecule has 132 valence electrons. The fourth-order valence-corrected chi connectivity index (χ4v) is 4.82. The Kier molecular flexibility index (Phi) is 5.15. The lowest BCUT2D eigenvalue weighted by molar-refractivity contribution is -0.137. The van der Waals surface area contributed by atoms with Crippen LogP contribution in [0.4, 0.5) is 0 Å². The Morgan fingerprint density at radius 3 is 2.92 bits per heavy atom. The molecule has 0 unspecified atom stereocenters. The third-order valence-electron chi connectivity index (χ3n) is 5.72. The molecule has 2 saturated heterocycles. The van der Waals surface area contributed by atoms with E-state index in [9.17, 15) is 4.79 Å². The van der Waals surface area contributed by atoms with Gasteiger partial charge in [0.2, 0.25) is 5.91 Å². The topological polar surface area (TPSA) is 48.5 Å². The van der Waals surface area contributed by atoms with E-state index in [2.05, 4.69) is 25.5 Å². The maximum Gasteiger partial charge on any atom is 0.227 e. The number of carbonyl (C=O) groups excluding carboxylic acids is 1. The second-order valence-corrected chi connectivity index (χ2v) is 8.22. The van der Waals surface area contributed by atoms with Crippen LogP contribution in [-0.2, 0) is 11.3 Å². The molecule has 4 rings (SSSR count). The summed E-state index contributed by atoms with van der Waals surface area (Å²) < 4.78 is 0. The average Bonchev–Trinajstić information content (AvgIpc) is 3.37. The van der Waals surface area contributed by atoms with Crippen LogP contribution in [0.2, 0.25) is 0 Å². The van der Waals surface area contributed by atoms with Crippen LogP contribution >= 0.6 is 11.3 Å². The summed E-state index contributed by atoms with van der Waals surface area (Å²) in [5, 5.41) is 5.77. The fraction of sp³-hybridized carbons (Fsp3) is 0.778. The van der Waals surface area contributed by atoms with Crippen molar-refractivity contribution in [3.05, 3.63) is 16.6 Å². The summed E-state index contributed by atoms with van der Waals surface area (Å²) in [5.41, 5.74) is 3.06. The first kappa shape index (κ1) is 16.5. The Morgan fingerprint density at radius 2 is 2.12 bits per heavy atom. The number of hydrogen-bond acceptors (Lipinski definition) is 5. The normalized spacial score (nSPS) is 29.4. The summed E-state index contributed by atoms with van der Waals surface area (Å²) in [6, 6.07) is 0.445. The van der Waals surface area contributed by atoms with E-state index in [0.717, 1.165) is 70.1 Å². The number of hydrogen-bond donors (Lipinski definition) is 1. The summed E-state index contributed by atoms with van der Waals surface area (Å²) in [6.07, 6.45) is 5.91. The monoisotopic (exact) mass is 348 g/mol. The van der Waals surface area contributed by atoms with Crippen LogP contribution in [0.15, 0.2) is 10.9 Å². The van der Waals surface area contributed by atoms with Gasteiger partial charge in [-0.1, -0.05) is 0 Å². The number of nitrogens with zero attached hydrogens (tertiary/aromatic N) is 3. The molecule has 3 heterocycles. The van der Waals surface area contributed by atoms with Crippen molar-refractivity contribution in [3.63, 3.8) is 0 Å². The van der Waals surface area contributed by atoms with Crippen LogP contribution < -0.4 is 5.32 Å². The molecule has 2 atom stereocenters. The number of amides is 1. The number of nitrogens with one attached hydrogen (secondary N) is 1. The Bertz CT molecular complexity index is 545. The summed E-state index contributed by atoms with van der Waals surface area (Å²) >= 11 is 1.66. The smallest absolute Gasteiger partial charge is 0.227 e. The van der Waals surface area contributed by atoms with Gasteiger partial charge in [0.1, 0.15) is 0 Å². The zero-order chi connectivity index (χ0) is 16.4. The van der Waals surface area contributed by atoms with Crippen molar-refractivity contribution in [1.29, 1.82) is 0 Å². The van der Waals surface area contributed by atoms with E-state index in [1.807, 2.05) is 5.51 Å². The molecule has 3 aliphatic rings. The molecule has 1 N–H and O–H groups in total. The van der Waals surface area contributed by atoms with Crippen LogP contribution in [0.3, 0.4) is 0 Å². The highest BCUT2D eigenvalue weighted by Crippen LogP contribution is 2.39. The number of aromatic nitrogens is 1. The van der Waals surface area contributed by atoms with Gasteiger partial charge in [-0.2, -0.15) is 0 Å². The molecule has 1 aromatic rings. The quantitative estimate of drug-likeness (QED) is 0.904. The molecule has 0 bridgehead atoms. The third kappa shape index (κ3) is 3.81. The standard InChI is InChI=1S/C18H28N4OS/c23-18(16-3-1-6-19-17(16)14-4-5-14)22-8-2-7-21(9-10-22)11-15-12-24-13-20-15/h12-14,16-17,19H,1-11H2/t16-,17-/m1/s1. The zero-order valence-corrected chi connectivity index (χ0v) is 15.1. The van der Waals surface area contributed by atoms with Gasteiger partial charge in [-0.25, -0.2) is 4.98 Å². The van der Waals surface area contributed by atoms with E-state index in [-0.39, 0.29) is 5.92 Å². The largest absolute Gasteiger partial charge is 0.341 e. The number of rotatable bonds is 4. The van der Waals surface area contributed by atoms with E-state index < -0.39 is 0 Å². The maximum absolute atomic E-state index is 13.1. The fourth-order valence-electron chi connectivity index (χ4n) is 4.27. The Labute approximate surface area is 148 Å².